The van der Waals surface area contributed by atoms with E-state index in [1.807, 2.05) is 6.07 Å². The monoisotopic (exact) mass is 275 g/mol. The number of hydrogen-bond acceptors (Lipinski definition) is 5. The summed E-state index contributed by atoms with van der Waals surface area (Å²) >= 11 is 1.50. The van der Waals surface area contributed by atoms with E-state index >= 15 is 0 Å². The number of thioether (sulfide) groups is 1. The molecule has 0 unspecified atom stereocenters. The molecular formula is C14H13NO3S. The van der Waals surface area contributed by atoms with Crippen LogP contribution in [0.15, 0.2) is 47.5 Å². The van der Waals surface area contributed by atoms with Crippen LogP contribution in [0.3, 0.4) is 0 Å². The third kappa shape index (κ3) is 3.48. The lowest BCUT2D eigenvalue weighted by molar-refractivity contribution is 0.0599. The molecule has 1 aromatic heterocycles. The molecule has 1 aromatic carbocycles. The van der Waals surface area contributed by atoms with Crippen molar-refractivity contribution in [3.8, 4) is 5.75 Å². The Bertz CT molecular complexity index is 586. The molecule has 0 aliphatic rings. The maximum Gasteiger partial charge on any atom is 0.339 e. The summed E-state index contributed by atoms with van der Waals surface area (Å²) in [5.41, 5.74) is 1.14. The molecule has 0 amide bonds. The van der Waals surface area contributed by atoms with Crippen LogP contribution in [0.5, 0.6) is 5.75 Å². The predicted octanol–water partition coefficient (Wildman–Crippen LogP) is 2.87. The van der Waals surface area contributed by atoms with E-state index in [1.165, 1.54) is 18.9 Å². The Labute approximate surface area is 115 Å². The largest absolute Gasteiger partial charge is 0.508 e. The van der Waals surface area contributed by atoms with E-state index in [9.17, 15) is 9.90 Å². The maximum absolute atomic E-state index is 11.6. The minimum Gasteiger partial charge on any atom is -0.508 e. The van der Waals surface area contributed by atoms with Gasteiger partial charge in [0.25, 0.3) is 0 Å². The molecule has 0 aliphatic heterocycles. The number of phenols is 1. The average molecular weight is 275 g/mol. The van der Waals surface area contributed by atoms with Crippen LogP contribution >= 0.6 is 11.8 Å². The second-order valence-corrected chi connectivity index (χ2v) is 4.82. The van der Waals surface area contributed by atoms with Crippen LogP contribution in [0.1, 0.15) is 16.1 Å². The summed E-state index contributed by atoms with van der Waals surface area (Å²) in [6.45, 7) is 0. The predicted molar refractivity (Wildman–Crippen MR) is 73.2 cm³/mol. The highest BCUT2D eigenvalue weighted by Gasteiger charge is 2.12. The molecule has 2 aromatic rings. The number of pyridine rings is 1. The van der Waals surface area contributed by atoms with Crippen LogP contribution in [0.2, 0.25) is 0 Å². The van der Waals surface area contributed by atoms with Crippen LogP contribution in [-0.2, 0) is 10.5 Å². The van der Waals surface area contributed by atoms with Crippen LogP contribution in [0.4, 0.5) is 0 Å². The second-order valence-electron chi connectivity index (χ2n) is 3.78. The van der Waals surface area contributed by atoms with Crippen LogP contribution in [0.25, 0.3) is 0 Å². The molecule has 0 bridgehead atoms. The zero-order valence-electron chi connectivity index (χ0n) is 10.4. The van der Waals surface area contributed by atoms with Gasteiger partial charge in [0, 0.05) is 16.8 Å². The minimum absolute atomic E-state index is 0.221. The van der Waals surface area contributed by atoms with Gasteiger partial charge in [-0.15, -0.1) is 11.8 Å². The fourth-order valence-electron chi connectivity index (χ4n) is 1.57. The number of carbonyl (C=O) groups is 1. The Morgan fingerprint density at radius 2 is 2.21 bits per heavy atom. The molecule has 0 saturated carbocycles. The number of esters is 1. The molecule has 4 nitrogen and oxygen atoms in total. The number of rotatable bonds is 4. The molecule has 0 spiro atoms. The first-order chi connectivity index (χ1) is 9.20. The molecule has 19 heavy (non-hydrogen) atoms. The molecule has 0 aliphatic carbocycles. The Balaban J connectivity index is 2.13. The van der Waals surface area contributed by atoms with Crippen LogP contribution < -0.4 is 0 Å². The second kappa shape index (κ2) is 6.24. The quantitative estimate of drug-likeness (QED) is 0.686. The van der Waals surface area contributed by atoms with Crippen LogP contribution in [0, 0.1) is 0 Å². The van der Waals surface area contributed by atoms with Gasteiger partial charge >= 0.3 is 5.97 Å². The Hall–Kier alpha value is -2.01. The van der Waals surface area contributed by atoms with Gasteiger partial charge in [0.05, 0.1) is 18.4 Å². The zero-order chi connectivity index (χ0) is 13.7. The molecule has 5 heteroatoms. The average Bonchev–Trinajstić information content (AvgIpc) is 2.45. The topological polar surface area (TPSA) is 59.4 Å². The molecule has 0 saturated heterocycles. The standard InChI is InChI=1S/C14H13NO3S/c1-18-14(17)12-6-3-7-15-13(12)9-19-11-5-2-4-10(16)8-11/h2-8,16H,9H2,1H3. The van der Waals surface area contributed by atoms with Gasteiger partial charge in [0.15, 0.2) is 0 Å². The maximum atomic E-state index is 11.6. The first kappa shape index (κ1) is 13.4. The van der Waals surface area contributed by atoms with Crippen molar-refractivity contribution < 1.29 is 14.6 Å². The van der Waals surface area contributed by atoms with E-state index in [0.29, 0.717) is 17.0 Å². The van der Waals surface area contributed by atoms with Gasteiger partial charge in [-0.3, -0.25) is 4.98 Å². The summed E-state index contributed by atoms with van der Waals surface area (Å²) in [5, 5.41) is 9.39. The van der Waals surface area contributed by atoms with Gasteiger partial charge in [-0.1, -0.05) is 6.07 Å². The van der Waals surface area contributed by atoms with Crippen molar-refractivity contribution in [2.45, 2.75) is 10.6 Å². The van der Waals surface area contributed by atoms with Crippen molar-refractivity contribution >= 4 is 17.7 Å². The zero-order valence-corrected chi connectivity index (χ0v) is 11.2. The van der Waals surface area contributed by atoms with Gasteiger partial charge in [0.2, 0.25) is 0 Å². The highest BCUT2D eigenvalue weighted by atomic mass is 32.2. The molecule has 98 valence electrons. The summed E-state index contributed by atoms with van der Waals surface area (Å²) < 4.78 is 4.72. The minimum atomic E-state index is -0.389. The third-order valence-corrected chi connectivity index (χ3v) is 3.49. The molecule has 0 fully saturated rings. The summed E-state index contributed by atoms with van der Waals surface area (Å²) in [4.78, 5) is 16.7. The first-order valence-corrected chi connectivity index (χ1v) is 6.63. The van der Waals surface area contributed by atoms with Crippen molar-refractivity contribution in [1.82, 2.24) is 4.98 Å². The van der Waals surface area contributed by atoms with Gasteiger partial charge < -0.3 is 9.84 Å². The van der Waals surface area contributed by atoms with E-state index in [1.54, 1.807) is 36.5 Å². The lowest BCUT2D eigenvalue weighted by Gasteiger charge is -2.06. The lowest BCUT2D eigenvalue weighted by Crippen LogP contribution is -2.06. The number of hydrogen-bond donors (Lipinski definition) is 1. The lowest BCUT2D eigenvalue weighted by atomic mass is 10.2. The Kier molecular flexibility index (Phi) is 4.41. The number of ether oxygens (including phenoxy) is 1. The number of methoxy groups -OCH3 is 1. The van der Waals surface area contributed by atoms with Gasteiger partial charge in [-0.2, -0.15) is 0 Å². The molecule has 1 N–H and O–H groups in total. The van der Waals surface area contributed by atoms with E-state index in [-0.39, 0.29) is 11.7 Å². The van der Waals surface area contributed by atoms with Crippen molar-refractivity contribution in [3.05, 3.63) is 53.9 Å². The van der Waals surface area contributed by atoms with E-state index in [4.69, 9.17) is 4.74 Å². The highest BCUT2D eigenvalue weighted by Crippen LogP contribution is 2.26. The van der Waals surface area contributed by atoms with Crippen molar-refractivity contribution in [3.63, 3.8) is 0 Å². The molecular weight excluding hydrogens is 262 g/mol. The highest BCUT2D eigenvalue weighted by molar-refractivity contribution is 7.98. The molecule has 1 heterocycles. The number of aromatic nitrogens is 1. The smallest absolute Gasteiger partial charge is 0.339 e. The molecule has 0 radical (unpaired) electrons. The number of phenolic OH excluding ortho intramolecular Hbond substituents is 1. The van der Waals surface area contributed by atoms with Crippen molar-refractivity contribution in [2.75, 3.05) is 7.11 Å². The number of nitrogens with zero attached hydrogens (tertiary/aromatic N) is 1. The summed E-state index contributed by atoms with van der Waals surface area (Å²) in [7, 11) is 1.35. The Morgan fingerprint density at radius 1 is 1.37 bits per heavy atom. The van der Waals surface area contributed by atoms with Crippen LogP contribution in [-0.4, -0.2) is 23.2 Å². The number of aromatic hydroxyl groups is 1. The third-order valence-electron chi connectivity index (χ3n) is 2.49. The van der Waals surface area contributed by atoms with E-state index < -0.39 is 0 Å². The molecule has 2 rings (SSSR count). The van der Waals surface area contributed by atoms with E-state index in [0.717, 1.165) is 4.90 Å². The van der Waals surface area contributed by atoms with Gasteiger partial charge in [-0.25, -0.2) is 4.79 Å². The van der Waals surface area contributed by atoms with Gasteiger partial charge in [0.1, 0.15) is 5.75 Å². The number of benzene rings is 1. The SMILES string of the molecule is COC(=O)c1cccnc1CSc1cccc(O)c1. The summed E-state index contributed by atoms with van der Waals surface area (Å²) in [6.07, 6.45) is 1.64. The van der Waals surface area contributed by atoms with Crippen molar-refractivity contribution in [2.24, 2.45) is 0 Å². The summed E-state index contributed by atoms with van der Waals surface area (Å²) in [6, 6.07) is 10.4. The van der Waals surface area contributed by atoms with Gasteiger partial charge in [-0.05, 0) is 30.3 Å². The molecule has 0 atom stereocenters. The fourth-order valence-corrected chi connectivity index (χ4v) is 2.49. The first-order valence-electron chi connectivity index (χ1n) is 5.64. The normalized spacial score (nSPS) is 10.2. The number of carbonyl (C=O) groups excluding carboxylic acids is 1. The Morgan fingerprint density at radius 3 is 2.95 bits per heavy atom. The fraction of sp³-hybridized carbons (Fsp3) is 0.143. The summed E-state index contributed by atoms with van der Waals surface area (Å²) in [5.74, 6) is 0.369. The van der Waals surface area contributed by atoms with E-state index in [2.05, 4.69) is 4.98 Å². The van der Waals surface area contributed by atoms with Crippen molar-refractivity contribution in [1.29, 1.82) is 0 Å².